The summed E-state index contributed by atoms with van der Waals surface area (Å²) in [6, 6.07) is 13.2. The van der Waals surface area contributed by atoms with Crippen LogP contribution in [0.15, 0.2) is 47.4 Å². The molecule has 3 rings (SSSR count). The minimum atomic E-state index is -0.233. The van der Waals surface area contributed by atoms with E-state index in [1.165, 1.54) is 11.8 Å². The number of ether oxygens (including phenoxy) is 1. The summed E-state index contributed by atoms with van der Waals surface area (Å²) in [6.07, 6.45) is 1.80. The second-order valence-electron chi connectivity index (χ2n) is 7.43. The maximum absolute atomic E-state index is 12.5. The molecule has 1 saturated heterocycles. The molecule has 1 aliphatic rings. The highest BCUT2D eigenvalue weighted by molar-refractivity contribution is 8.26. The molecule has 2 aromatic carbocycles. The Morgan fingerprint density at radius 2 is 1.90 bits per heavy atom. The van der Waals surface area contributed by atoms with Crippen LogP contribution in [-0.4, -0.2) is 33.7 Å². The highest BCUT2D eigenvalue weighted by Crippen LogP contribution is 2.34. The maximum atomic E-state index is 12.5. The standard InChI is InChI=1S/C23H24N2O3S2/c1-14(2)25-22(27)20(30-23(25)29)12-17-6-5-7-19(11-17)28-13-21(26)24-18-9-15(3)8-16(4)10-18/h5-12,14H,13H2,1-4H3,(H,24,26)/b20-12-. The number of thioether (sulfide) groups is 1. The van der Waals surface area contributed by atoms with Crippen molar-refractivity contribution in [1.82, 2.24) is 4.90 Å². The predicted molar refractivity (Wildman–Crippen MR) is 127 cm³/mol. The van der Waals surface area contributed by atoms with Crippen LogP contribution >= 0.6 is 24.0 Å². The molecule has 1 fully saturated rings. The van der Waals surface area contributed by atoms with Gasteiger partial charge in [-0.3, -0.25) is 14.5 Å². The molecule has 0 radical (unpaired) electrons. The van der Waals surface area contributed by atoms with Crippen molar-refractivity contribution >= 4 is 51.9 Å². The van der Waals surface area contributed by atoms with E-state index in [1.807, 2.05) is 58.0 Å². The first kappa shape index (κ1) is 22.1. The number of aryl methyl sites for hydroxylation is 2. The summed E-state index contributed by atoms with van der Waals surface area (Å²) in [6.45, 7) is 7.74. The quantitative estimate of drug-likeness (QED) is 0.510. The molecule has 2 aromatic rings. The Bertz CT molecular complexity index is 1010. The lowest BCUT2D eigenvalue weighted by atomic mass is 10.1. The fourth-order valence-corrected chi connectivity index (χ4v) is 4.69. The first-order chi connectivity index (χ1) is 14.2. The van der Waals surface area contributed by atoms with Crippen molar-refractivity contribution < 1.29 is 14.3 Å². The number of carbonyl (C=O) groups excluding carboxylic acids is 2. The Morgan fingerprint density at radius 3 is 2.53 bits per heavy atom. The SMILES string of the molecule is Cc1cc(C)cc(NC(=O)COc2cccc(/C=C3\SC(=S)N(C(C)C)C3=O)c2)c1. The van der Waals surface area contributed by atoms with Crippen LogP contribution < -0.4 is 10.1 Å². The Morgan fingerprint density at radius 1 is 1.20 bits per heavy atom. The number of hydrogen-bond donors (Lipinski definition) is 1. The third-order valence-corrected chi connectivity index (χ3v) is 5.70. The molecule has 1 aliphatic heterocycles. The lowest BCUT2D eigenvalue weighted by molar-refractivity contribution is -0.123. The van der Waals surface area contributed by atoms with E-state index < -0.39 is 0 Å². The Kier molecular flexibility index (Phi) is 6.95. The Hall–Kier alpha value is -2.64. The van der Waals surface area contributed by atoms with Crippen molar-refractivity contribution in [3.05, 3.63) is 64.1 Å². The fraction of sp³-hybridized carbons (Fsp3) is 0.261. The number of thiocarbonyl (C=S) groups is 1. The molecular weight excluding hydrogens is 416 g/mol. The van der Waals surface area contributed by atoms with Crippen LogP contribution in [0.3, 0.4) is 0 Å². The van der Waals surface area contributed by atoms with E-state index in [0.29, 0.717) is 15.0 Å². The molecule has 0 atom stereocenters. The lowest BCUT2D eigenvalue weighted by Crippen LogP contribution is -2.34. The molecule has 0 aliphatic carbocycles. The molecule has 5 nitrogen and oxygen atoms in total. The monoisotopic (exact) mass is 440 g/mol. The highest BCUT2D eigenvalue weighted by Gasteiger charge is 2.33. The lowest BCUT2D eigenvalue weighted by Gasteiger charge is -2.18. The van der Waals surface area contributed by atoms with Gasteiger partial charge in [-0.2, -0.15) is 0 Å². The first-order valence-corrected chi connectivity index (χ1v) is 10.8. The number of benzene rings is 2. The van der Waals surface area contributed by atoms with Gasteiger partial charge in [0.25, 0.3) is 11.8 Å². The van der Waals surface area contributed by atoms with Crippen LogP contribution in [0.4, 0.5) is 5.69 Å². The minimum absolute atomic E-state index is 0.0220. The van der Waals surface area contributed by atoms with Crippen LogP contribution in [0.25, 0.3) is 6.08 Å². The zero-order chi connectivity index (χ0) is 21.8. The molecule has 156 valence electrons. The van der Waals surface area contributed by atoms with Crippen LogP contribution in [0.1, 0.15) is 30.5 Å². The second-order valence-corrected chi connectivity index (χ2v) is 9.11. The van der Waals surface area contributed by atoms with Crippen molar-refractivity contribution in [2.45, 2.75) is 33.7 Å². The second kappa shape index (κ2) is 9.45. The normalized spacial score (nSPS) is 15.2. The van der Waals surface area contributed by atoms with Gasteiger partial charge in [0.2, 0.25) is 0 Å². The average Bonchev–Trinajstić information content (AvgIpc) is 2.93. The molecule has 0 spiro atoms. The first-order valence-electron chi connectivity index (χ1n) is 9.61. The number of nitrogens with one attached hydrogen (secondary N) is 1. The van der Waals surface area contributed by atoms with E-state index in [-0.39, 0.29) is 24.5 Å². The van der Waals surface area contributed by atoms with E-state index in [2.05, 4.69) is 5.32 Å². The average molecular weight is 441 g/mol. The topological polar surface area (TPSA) is 58.6 Å². The molecule has 1 N–H and O–H groups in total. The zero-order valence-corrected chi connectivity index (χ0v) is 19.0. The van der Waals surface area contributed by atoms with Gasteiger partial charge in [-0.1, -0.05) is 42.2 Å². The minimum Gasteiger partial charge on any atom is -0.484 e. The van der Waals surface area contributed by atoms with Gasteiger partial charge < -0.3 is 10.1 Å². The third kappa shape index (κ3) is 5.49. The molecule has 0 unspecified atom stereocenters. The van der Waals surface area contributed by atoms with Crippen molar-refractivity contribution in [2.75, 3.05) is 11.9 Å². The Labute approximate surface area is 186 Å². The fourth-order valence-electron chi connectivity index (χ4n) is 3.16. The number of amides is 2. The molecule has 0 bridgehead atoms. The smallest absolute Gasteiger partial charge is 0.266 e. The van der Waals surface area contributed by atoms with Crippen molar-refractivity contribution in [2.24, 2.45) is 0 Å². The van der Waals surface area contributed by atoms with Crippen LogP contribution in [0.2, 0.25) is 0 Å². The molecule has 0 aromatic heterocycles. The van der Waals surface area contributed by atoms with Crippen molar-refractivity contribution in [3.63, 3.8) is 0 Å². The number of anilines is 1. The number of carbonyl (C=O) groups is 2. The molecule has 0 saturated carbocycles. The summed E-state index contributed by atoms with van der Waals surface area (Å²) >= 11 is 6.61. The van der Waals surface area contributed by atoms with E-state index >= 15 is 0 Å². The van der Waals surface area contributed by atoms with Gasteiger partial charge in [-0.15, -0.1) is 0 Å². The zero-order valence-electron chi connectivity index (χ0n) is 17.4. The van der Waals surface area contributed by atoms with Gasteiger partial charge in [0.15, 0.2) is 6.61 Å². The molecular formula is C23H24N2O3S2. The van der Waals surface area contributed by atoms with Gasteiger partial charge in [0.1, 0.15) is 10.1 Å². The van der Waals surface area contributed by atoms with Crippen molar-refractivity contribution in [1.29, 1.82) is 0 Å². The largest absolute Gasteiger partial charge is 0.484 e. The summed E-state index contributed by atoms with van der Waals surface area (Å²) in [5.74, 6) is 0.237. The summed E-state index contributed by atoms with van der Waals surface area (Å²) < 4.78 is 6.21. The summed E-state index contributed by atoms with van der Waals surface area (Å²) in [4.78, 5) is 27.0. The Balaban J connectivity index is 1.64. The number of hydrogen-bond acceptors (Lipinski definition) is 5. The molecule has 30 heavy (non-hydrogen) atoms. The highest BCUT2D eigenvalue weighted by atomic mass is 32.2. The van der Waals surface area contributed by atoms with Crippen LogP contribution in [0.5, 0.6) is 5.75 Å². The van der Waals surface area contributed by atoms with E-state index in [9.17, 15) is 9.59 Å². The van der Waals surface area contributed by atoms with Gasteiger partial charge in [-0.05, 0) is 74.7 Å². The van der Waals surface area contributed by atoms with Gasteiger partial charge in [-0.25, -0.2) is 0 Å². The van der Waals surface area contributed by atoms with E-state index in [1.54, 1.807) is 23.1 Å². The van der Waals surface area contributed by atoms with Gasteiger partial charge in [0, 0.05) is 11.7 Å². The van der Waals surface area contributed by atoms with E-state index in [0.717, 1.165) is 22.4 Å². The van der Waals surface area contributed by atoms with E-state index in [4.69, 9.17) is 17.0 Å². The molecule has 1 heterocycles. The van der Waals surface area contributed by atoms with Gasteiger partial charge >= 0.3 is 0 Å². The number of rotatable bonds is 6. The van der Waals surface area contributed by atoms with Gasteiger partial charge in [0.05, 0.1) is 4.91 Å². The van der Waals surface area contributed by atoms with Crippen LogP contribution in [0, 0.1) is 13.8 Å². The molecule has 7 heteroatoms. The molecule has 2 amide bonds. The van der Waals surface area contributed by atoms with Crippen molar-refractivity contribution in [3.8, 4) is 5.75 Å². The summed E-state index contributed by atoms with van der Waals surface area (Å²) in [5.41, 5.74) is 3.73. The summed E-state index contributed by atoms with van der Waals surface area (Å²) in [7, 11) is 0. The third-order valence-electron chi connectivity index (χ3n) is 4.37. The van der Waals surface area contributed by atoms with Crippen LogP contribution in [-0.2, 0) is 9.59 Å². The maximum Gasteiger partial charge on any atom is 0.266 e. The predicted octanol–water partition coefficient (Wildman–Crippen LogP) is 4.93. The summed E-state index contributed by atoms with van der Waals surface area (Å²) in [5, 5.41) is 2.85. The number of nitrogens with zero attached hydrogens (tertiary/aromatic N) is 1.